The van der Waals surface area contributed by atoms with Gasteiger partial charge in [-0.3, -0.25) is 20.4 Å². The van der Waals surface area contributed by atoms with Crippen LogP contribution >= 0.6 is 0 Å². The number of nitrogens with one attached hydrogen (secondary N) is 2. The summed E-state index contributed by atoms with van der Waals surface area (Å²) in [6.07, 6.45) is 0.0395. The first-order valence-electron chi connectivity index (χ1n) is 6.98. The second-order valence-corrected chi connectivity index (χ2v) is 4.99. The summed E-state index contributed by atoms with van der Waals surface area (Å²) in [4.78, 5) is 23.8. The Morgan fingerprint density at radius 1 is 1.09 bits per heavy atom. The van der Waals surface area contributed by atoms with Gasteiger partial charge in [-0.1, -0.05) is 18.2 Å². The Kier molecular flexibility index (Phi) is 5.30. The number of carbonyl (C=O) groups excluding carboxylic acids is 2. The Bertz CT molecular complexity index is 714. The molecule has 0 unspecified atom stereocenters. The van der Waals surface area contributed by atoms with Gasteiger partial charge in [0.25, 0.3) is 5.91 Å². The van der Waals surface area contributed by atoms with E-state index in [1.165, 1.54) is 31.4 Å². The minimum atomic E-state index is -0.448. The van der Waals surface area contributed by atoms with Gasteiger partial charge in [-0.15, -0.1) is 0 Å². The van der Waals surface area contributed by atoms with Crippen LogP contribution in [0.25, 0.3) is 0 Å². The van der Waals surface area contributed by atoms with Crippen molar-refractivity contribution in [3.8, 4) is 5.75 Å². The lowest BCUT2D eigenvalue weighted by Gasteiger charge is -2.10. The Morgan fingerprint density at radius 3 is 2.43 bits per heavy atom. The van der Waals surface area contributed by atoms with Gasteiger partial charge in [0.1, 0.15) is 11.6 Å². The molecule has 2 aromatic rings. The maximum Gasteiger partial charge on any atom is 0.269 e. The van der Waals surface area contributed by atoms with Gasteiger partial charge in [-0.25, -0.2) is 4.39 Å². The largest absolute Gasteiger partial charge is 0.496 e. The van der Waals surface area contributed by atoms with E-state index in [-0.39, 0.29) is 12.2 Å². The summed E-state index contributed by atoms with van der Waals surface area (Å²) in [5.41, 5.74) is 6.58. The van der Waals surface area contributed by atoms with Crippen LogP contribution in [-0.2, 0) is 11.2 Å². The summed E-state index contributed by atoms with van der Waals surface area (Å²) >= 11 is 0. The van der Waals surface area contributed by atoms with E-state index in [2.05, 4.69) is 10.9 Å². The number of hydrazine groups is 1. The quantitative estimate of drug-likeness (QED) is 0.849. The van der Waals surface area contributed by atoms with Crippen LogP contribution in [0, 0.1) is 12.7 Å². The van der Waals surface area contributed by atoms with Gasteiger partial charge in [-0.05, 0) is 42.3 Å². The number of hydrogen-bond donors (Lipinski definition) is 2. The molecule has 2 aromatic carbocycles. The molecule has 6 heteroatoms. The molecule has 0 aliphatic heterocycles. The Hall–Kier alpha value is -2.89. The standard InChI is InChI=1S/C17H17FN2O3/c1-11-3-6-13(10-15(11)23-2)17(22)20-19-16(21)9-12-4-7-14(18)8-5-12/h3-8,10H,9H2,1-2H3,(H,19,21)(H,20,22). The zero-order valence-electron chi connectivity index (χ0n) is 12.9. The van der Waals surface area contributed by atoms with Crippen molar-refractivity contribution in [1.82, 2.24) is 10.9 Å². The van der Waals surface area contributed by atoms with E-state index < -0.39 is 11.8 Å². The predicted octanol–water partition coefficient (Wildman–Crippen LogP) is 2.15. The summed E-state index contributed by atoms with van der Waals surface area (Å²) < 4.78 is 17.9. The first kappa shape index (κ1) is 16.5. The second-order valence-electron chi connectivity index (χ2n) is 4.99. The van der Waals surface area contributed by atoms with E-state index in [1.807, 2.05) is 6.92 Å². The number of aryl methyl sites for hydroxylation is 1. The van der Waals surface area contributed by atoms with Gasteiger partial charge in [0.15, 0.2) is 0 Å². The van der Waals surface area contributed by atoms with E-state index in [4.69, 9.17) is 4.74 Å². The molecule has 120 valence electrons. The van der Waals surface area contributed by atoms with Crippen molar-refractivity contribution in [3.63, 3.8) is 0 Å². The molecule has 0 radical (unpaired) electrons. The first-order chi connectivity index (χ1) is 11.0. The molecule has 5 nitrogen and oxygen atoms in total. The molecule has 0 spiro atoms. The highest BCUT2D eigenvalue weighted by molar-refractivity contribution is 5.96. The number of methoxy groups -OCH3 is 1. The monoisotopic (exact) mass is 316 g/mol. The summed E-state index contributed by atoms with van der Waals surface area (Å²) in [6.45, 7) is 1.87. The molecule has 0 bridgehead atoms. The third-order valence-corrected chi connectivity index (χ3v) is 3.26. The Morgan fingerprint density at radius 2 is 1.78 bits per heavy atom. The minimum Gasteiger partial charge on any atom is -0.496 e. The summed E-state index contributed by atoms with van der Waals surface area (Å²) in [6, 6.07) is 10.6. The summed E-state index contributed by atoms with van der Waals surface area (Å²) in [5, 5.41) is 0. The van der Waals surface area contributed by atoms with Crippen LogP contribution < -0.4 is 15.6 Å². The molecule has 0 aromatic heterocycles. The lowest BCUT2D eigenvalue weighted by molar-refractivity contribution is -0.121. The van der Waals surface area contributed by atoms with Crippen LogP contribution in [0.3, 0.4) is 0 Å². The summed E-state index contributed by atoms with van der Waals surface area (Å²) in [7, 11) is 1.52. The van der Waals surface area contributed by atoms with Crippen molar-refractivity contribution in [2.45, 2.75) is 13.3 Å². The van der Waals surface area contributed by atoms with Crippen molar-refractivity contribution in [2.24, 2.45) is 0 Å². The number of halogens is 1. The fourth-order valence-corrected chi connectivity index (χ4v) is 1.99. The number of ether oxygens (including phenoxy) is 1. The maximum atomic E-state index is 12.8. The van der Waals surface area contributed by atoms with E-state index in [0.29, 0.717) is 16.9 Å². The Balaban J connectivity index is 1.91. The van der Waals surface area contributed by atoms with E-state index >= 15 is 0 Å². The smallest absolute Gasteiger partial charge is 0.269 e. The van der Waals surface area contributed by atoms with E-state index in [1.54, 1.807) is 18.2 Å². The van der Waals surface area contributed by atoms with Gasteiger partial charge >= 0.3 is 0 Å². The number of hydrogen-bond acceptors (Lipinski definition) is 3. The van der Waals surface area contributed by atoms with Crippen LogP contribution in [0.1, 0.15) is 21.5 Å². The van der Waals surface area contributed by atoms with Gasteiger partial charge in [0, 0.05) is 5.56 Å². The third kappa shape index (κ3) is 4.54. The third-order valence-electron chi connectivity index (χ3n) is 3.26. The normalized spacial score (nSPS) is 10.0. The van der Waals surface area contributed by atoms with Crippen molar-refractivity contribution in [2.75, 3.05) is 7.11 Å². The van der Waals surface area contributed by atoms with Crippen LogP contribution in [0.5, 0.6) is 5.75 Å². The molecule has 0 atom stereocenters. The molecule has 0 saturated carbocycles. The molecule has 2 amide bonds. The molecule has 0 fully saturated rings. The van der Waals surface area contributed by atoms with Gasteiger partial charge < -0.3 is 4.74 Å². The lowest BCUT2D eigenvalue weighted by Crippen LogP contribution is -2.42. The fourth-order valence-electron chi connectivity index (χ4n) is 1.99. The molecule has 2 rings (SSSR count). The highest BCUT2D eigenvalue weighted by atomic mass is 19.1. The predicted molar refractivity (Wildman–Crippen MR) is 83.4 cm³/mol. The number of carbonyl (C=O) groups is 2. The summed E-state index contributed by atoms with van der Waals surface area (Å²) in [5.74, 6) is -0.620. The number of rotatable bonds is 4. The molecule has 0 aliphatic carbocycles. The maximum absolute atomic E-state index is 12.8. The van der Waals surface area contributed by atoms with E-state index in [9.17, 15) is 14.0 Å². The minimum absolute atomic E-state index is 0.0395. The number of amides is 2. The molecule has 0 heterocycles. The van der Waals surface area contributed by atoms with Crippen molar-refractivity contribution in [3.05, 3.63) is 65.0 Å². The van der Waals surface area contributed by atoms with Gasteiger partial charge in [0.05, 0.1) is 13.5 Å². The molecular formula is C17H17FN2O3. The van der Waals surface area contributed by atoms with Gasteiger partial charge in [-0.2, -0.15) is 0 Å². The molecule has 2 N–H and O–H groups in total. The first-order valence-corrected chi connectivity index (χ1v) is 6.98. The highest BCUT2D eigenvalue weighted by Gasteiger charge is 2.10. The van der Waals surface area contributed by atoms with Crippen molar-refractivity contribution >= 4 is 11.8 Å². The van der Waals surface area contributed by atoms with Gasteiger partial charge in [0.2, 0.25) is 5.91 Å². The van der Waals surface area contributed by atoms with E-state index in [0.717, 1.165) is 5.56 Å². The SMILES string of the molecule is COc1cc(C(=O)NNC(=O)Cc2ccc(F)cc2)ccc1C. The second kappa shape index (κ2) is 7.40. The van der Waals surface area contributed by atoms with Crippen LogP contribution in [0.4, 0.5) is 4.39 Å². The molecule has 0 saturated heterocycles. The lowest BCUT2D eigenvalue weighted by atomic mass is 10.1. The average molecular weight is 316 g/mol. The zero-order valence-corrected chi connectivity index (χ0v) is 12.9. The molecule has 23 heavy (non-hydrogen) atoms. The van der Waals surface area contributed by atoms with Crippen LogP contribution in [0.15, 0.2) is 42.5 Å². The molecule has 0 aliphatic rings. The Labute approximate surface area is 133 Å². The van der Waals surface area contributed by atoms with Crippen LogP contribution in [0.2, 0.25) is 0 Å². The van der Waals surface area contributed by atoms with Crippen LogP contribution in [-0.4, -0.2) is 18.9 Å². The van der Waals surface area contributed by atoms with Crippen molar-refractivity contribution < 1.29 is 18.7 Å². The average Bonchev–Trinajstić information content (AvgIpc) is 2.55. The van der Waals surface area contributed by atoms with Crippen molar-refractivity contribution in [1.29, 1.82) is 0 Å². The fraction of sp³-hybridized carbons (Fsp3) is 0.176. The zero-order chi connectivity index (χ0) is 16.8. The number of benzene rings is 2. The topological polar surface area (TPSA) is 67.4 Å². The molecular weight excluding hydrogens is 299 g/mol. The highest BCUT2D eigenvalue weighted by Crippen LogP contribution is 2.18.